The highest BCUT2D eigenvalue weighted by Gasteiger charge is 1.84. The Labute approximate surface area is 79.8 Å². The summed E-state index contributed by atoms with van der Waals surface area (Å²) in [5, 5.41) is 7.42. The molecule has 80 valence electrons. The van der Waals surface area contributed by atoms with Crippen molar-refractivity contribution >= 4 is 5.97 Å². The summed E-state index contributed by atoms with van der Waals surface area (Å²) in [6.45, 7) is 5.56. The highest BCUT2D eigenvalue weighted by molar-refractivity contribution is 5.62. The molecule has 1 N–H and O–H groups in total. The van der Waals surface area contributed by atoms with Crippen LogP contribution in [0.15, 0.2) is 0 Å². The minimum Gasteiger partial charge on any atom is -0.481 e. The molecule has 0 amide bonds. The lowest BCUT2D eigenvalue weighted by Crippen LogP contribution is -2.02. The van der Waals surface area contributed by atoms with Crippen LogP contribution in [0.1, 0.15) is 26.7 Å². The molecule has 0 unspecified atom stereocenters. The monoisotopic (exact) mass is 192 g/mol. The molecule has 0 aromatic rings. The minimum absolute atomic E-state index is 0.712. The van der Waals surface area contributed by atoms with Crippen LogP contribution in [-0.2, 0) is 14.3 Å². The van der Waals surface area contributed by atoms with E-state index in [0.29, 0.717) is 6.61 Å². The Hall–Kier alpha value is -0.610. The summed E-state index contributed by atoms with van der Waals surface area (Å²) in [6.07, 6.45) is 2.36. The summed E-state index contributed by atoms with van der Waals surface area (Å²) in [4.78, 5) is 9.00. The SMILES string of the molecule is CC(=O)O.CCCCOCCOC. The fourth-order valence-corrected chi connectivity index (χ4v) is 0.491. The summed E-state index contributed by atoms with van der Waals surface area (Å²) < 4.78 is 9.99. The van der Waals surface area contributed by atoms with Crippen LogP contribution in [0.3, 0.4) is 0 Å². The predicted octanol–water partition coefficient (Wildman–Crippen LogP) is 1.54. The number of rotatable bonds is 6. The van der Waals surface area contributed by atoms with Crippen LogP contribution in [0.2, 0.25) is 0 Å². The number of carboxylic acid groups (broad SMARTS) is 1. The highest BCUT2D eigenvalue weighted by Crippen LogP contribution is 1.86. The molecule has 0 saturated heterocycles. The molecule has 0 bridgehead atoms. The summed E-state index contributed by atoms with van der Waals surface area (Å²) in [6, 6.07) is 0. The van der Waals surface area contributed by atoms with E-state index in [1.54, 1.807) is 7.11 Å². The number of aliphatic carboxylic acids is 1. The summed E-state index contributed by atoms with van der Waals surface area (Å²) in [5.74, 6) is -0.833. The van der Waals surface area contributed by atoms with Gasteiger partial charge in [-0.3, -0.25) is 4.79 Å². The molecule has 0 aromatic carbocycles. The maximum absolute atomic E-state index is 9.00. The second-order valence-electron chi connectivity index (χ2n) is 2.48. The second-order valence-corrected chi connectivity index (χ2v) is 2.48. The third-order valence-electron chi connectivity index (χ3n) is 1.07. The lowest BCUT2D eigenvalue weighted by Gasteiger charge is -2.00. The van der Waals surface area contributed by atoms with Crippen molar-refractivity contribution in [2.45, 2.75) is 26.7 Å². The van der Waals surface area contributed by atoms with Crippen molar-refractivity contribution in [3.63, 3.8) is 0 Å². The number of carbonyl (C=O) groups is 1. The smallest absolute Gasteiger partial charge is 0.300 e. The number of hydrogen-bond acceptors (Lipinski definition) is 3. The number of carboxylic acids is 1. The molecule has 0 fully saturated rings. The Morgan fingerprint density at radius 3 is 2.23 bits per heavy atom. The van der Waals surface area contributed by atoms with Gasteiger partial charge in [0.15, 0.2) is 0 Å². The lowest BCUT2D eigenvalue weighted by atomic mass is 10.4. The molecule has 0 atom stereocenters. The van der Waals surface area contributed by atoms with Crippen LogP contribution in [0, 0.1) is 0 Å². The van der Waals surface area contributed by atoms with Crippen molar-refractivity contribution in [2.24, 2.45) is 0 Å². The van der Waals surface area contributed by atoms with Gasteiger partial charge in [-0.1, -0.05) is 13.3 Å². The number of methoxy groups -OCH3 is 1. The first kappa shape index (κ1) is 14.9. The summed E-state index contributed by atoms with van der Waals surface area (Å²) >= 11 is 0. The van der Waals surface area contributed by atoms with Crippen molar-refractivity contribution < 1.29 is 19.4 Å². The average molecular weight is 192 g/mol. The quantitative estimate of drug-likeness (QED) is 0.648. The summed E-state index contributed by atoms with van der Waals surface area (Å²) in [7, 11) is 1.68. The second kappa shape index (κ2) is 13.9. The Bertz CT molecular complexity index is 93.8. The zero-order chi connectivity index (χ0) is 10.5. The molecule has 0 aromatic heterocycles. The molecule has 0 radical (unpaired) electrons. The average Bonchev–Trinajstić information content (AvgIpc) is 2.03. The van der Waals surface area contributed by atoms with E-state index in [-0.39, 0.29) is 0 Å². The topological polar surface area (TPSA) is 55.8 Å². The first-order valence-electron chi connectivity index (χ1n) is 4.41. The van der Waals surface area contributed by atoms with E-state index < -0.39 is 5.97 Å². The Morgan fingerprint density at radius 2 is 1.85 bits per heavy atom. The van der Waals surface area contributed by atoms with E-state index in [9.17, 15) is 0 Å². The van der Waals surface area contributed by atoms with Crippen molar-refractivity contribution in [3.05, 3.63) is 0 Å². The first-order chi connectivity index (χ1) is 6.15. The molecule has 13 heavy (non-hydrogen) atoms. The third-order valence-corrected chi connectivity index (χ3v) is 1.07. The number of hydrogen-bond donors (Lipinski definition) is 1. The standard InChI is InChI=1S/C7H16O2.C2H4O2/c1-3-4-5-9-7-6-8-2;1-2(3)4/h3-7H2,1-2H3;1H3,(H,3,4). The van der Waals surface area contributed by atoms with Gasteiger partial charge in [0.1, 0.15) is 0 Å². The van der Waals surface area contributed by atoms with Crippen molar-refractivity contribution in [2.75, 3.05) is 26.9 Å². The van der Waals surface area contributed by atoms with Gasteiger partial charge in [-0.25, -0.2) is 0 Å². The molecule has 0 aliphatic heterocycles. The molecular formula is C9H20O4. The molecule has 0 spiro atoms. The number of unbranched alkanes of at least 4 members (excludes halogenated alkanes) is 1. The maximum Gasteiger partial charge on any atom is 0.300 e. The van der Waals surface area contributed by atoms with E-state index in [2.05, 4.69) is 6.92 Å². The van der Waals surface area contributed by atoms with Crippen molar-refractivity contribution in [3.8, 4) is 0 Å². The van der Waals surface area contributed by atoms with Gasteiger partial charge in [0.05, 0.1) is 13.2 Å². The lowest BCUT2D eigenvalue weighted by molar-refractivity contribution is -0.134. The third kappa shape index (κ3) is 34.6. The Balaban J connectivity index is 0. The molecule has 4 nitrogen and oxygen atoms in total. The number of ether oxygens (including phenoxy) is 2. The van der Waals surface area contributed by atoms with Crippen LogP contribution < -0.4 is 0 Å². The van der Waals surface area contributed by atoms with Crippen LogP contribution in [0.25, 0.3) is 0 Å². The Kier molecular flexibility index (Phi) is 16.0. The molecule has 0 rings (SSSR count). The van der Waals surface area contributed by atoms with Crippen LogP contribution >= 0.6 is 0 Å². The molecular weight excluding hydrogens is 172 g/mol. The van der Waals surface area contributed by atoms with Crippen LogP contribution in [-0.4, -0.2) is 38.0 Å². The van der Waals surface area contributed by atoms with Crippen LogP contribution in [0.5, 0.6) is 0 Å². The fraction of sp³-hybridized carbons (Fsp3) is 0.889. The van der Waals surface area contributed by atoms with E-state index in [1.165, 1.54) is 6.42 Å². The molecule has 0 saturated carbocycles. The summed E-state index contributed by atoms with van der Waals surface area (Å²) in [5.41, 5.74) is 0. The molecule has 0 aliphatic carbocycles. The normalized spacial score (nSPS) is 8.85. The van der Waals surface area contributed by atoms with Gasteiger partial charge in [-0.2, -0.15) is 0 Å². The van der Waals surface area contributed by atoms with E-state index in [0.717, 1.165) is 26.6 Å². The molecule has 4 heteroatoms. The van der Waals surface area contributed by atoms with Crippen molar-refractivity contribution in [1.29, 1.82) is 0 Å². The van der Waals surface area contributed by atoms with E-state index in [4.69, 9.17) is 19.4 Å². The minimum atomic E-state index is -0.833. The van der Waals surface area contributed by atoms with Gasteiger partial charge in [0, 0.05) is 20.6 Å². The predicted molar refractivity (Wildman–Crippen MR) is 50.9 cm³/mol. The van der Waals surface area contributed by atoms with E-state index >= 15 is 0 Å². The van der Waals surface area contributed by atoms with Gasteiger partial charge >= 0.3 is 0 Å². The Morgan fingerprint density at radius 1 is 1.31 bits per heavy atom. The van der Waals surface area contributed by atoms with Gasteiger partial charge in [0.2, 0.25) is 0 Å². The molecule has 0 heterocycles. The van der Waals surface area contributed by atoms with Gasteiger partial charge < -0.3 is 14.6 Å². The van der Waals surface area contributed by atoms with Gasteiger partial charge in [0.25, 0.3) is 5.97 Å². The zero-order valence-electron chi connectivity index (χ0n) is 8.71. The maximum atomic E-state index is 9.00. The van der Waals surface area contributed by atoms with Gasteiger partial charge in [-0.05, 0) is 6.42 Å². The van der Waals surface area contributed by atoms with Crippen LogP contribution in [0.4, 0.5) is 0 Å². The van der Waals surface area contributed by atoms with E-state index in [1.807, 2.05) is 0 Å². The molecule has 0 aliphatic rings. The first-order valence-corrected chi connectivity index (χ1v) is 4.41. The fourth-order valence-electron chi connectivity index (χ4n) is 0.491. The largest absolute Gasteiger partial charge is 0.481 e. The van der Waals surface area contributed by atoms with Gasteiger partial charge in [-0.15, -0.1) is 0 Å². The zero-order valence-corrected chi connectivity index (χ0v) is 8.71. The van der Waals surface area contributed by atoms with Crippen molar-refractivity contribution in [1.82, 2.24) is 0 Å². The highest BCUT2D eigenvalue weighted by atomic mass is 16.5.